The van der Waals surface area contributed by atoms with Gasteiger partial charge in [-0.3, -0.25) is 9.59 Å². The van der Waals surface area contributed by atoms with Gasteiger partial charge >= 0.3 is 0 Å². The lowest BCUT2D eigenvalue weighted by atomic mass is 10.1. The molecule has 0 atom stereocenters. The van der Waals surface area contributed by atoms with Crippen molar-refractivity contribution < 1.29 is 9.59 Å². The Morgan fingerprint density at radius 3 is 2.35 bits per heavy atom. The molecule has 0 spiro atoms. The number of likely N-dealkylation sites (tertiary alicyclic amines) is 1. The molecule has 26 heavy (non-hydrogen) atoms. The molecule has 0 unspecified atom stereocenters. The van der Waals surface area contributed by atoms with E-state index in [1.807, 2.05) is 42.2 Å². The van der Waals surface area contributed by atoms with Gasteiger partial charge in [0.2, 0.25) is 0 Å². The van der Waals surface area contributed by atoms with Gasteiger partial charge in [-0.2, -0.15) is 0 Å². The highest BCUT2D eigenvalue weighted by molar-refractivity contribution is 5.96. The molecule has 1 saturated heterocycles. The number of benzene rings is 1. The van der Waals surface area contributed by atoms with E-state index in [1.54, 1.807) is 23.1 Å². The van der Waals surface area contributed by atoms with Gasteiger partial charge in [-0.1, -0.05) is 36.4 Å². The average Bonchev–Trinajstić information content (AvgIpc) is 2.72. The monoisotopic (exact) mass is 351 g/mol. The second kappa shape index (κ2) is 8.61. The normalized spacial score (nSPS) is 14.1. The number of piperidine rings is 1. The molecule has 5 heteroatoms. The van der Waals surface area contributed by atoms with Gasteiger partial charge in [-0.25, -0.2) is 4.98 Å². The van der Waals surface area contributed by atoms with Gasteiger partial charge in [0, 0.05) is 26.2 Å². The molecule has 1 fully saturated rings. The Morgan fingerprint density at radius 1 is 0.962 bits per heavy atom. The van der Waals surface area contributed by atoms with Gasteiger partial charge in [-0.15, -0.1) is 0 Å². The summed E-state index contributed by atoms with van der Waals surface area (Å²) in [5.41, 5.74) is 1.75. The Kier molecular flexibility index (Phi) is 6.00. The van der Waals surface area contributed by atoms with Crippen LogP contribution in [-0.2, 0) is 6.54 Å². The third kappa shape index (κ3) is 4.28. The number of carbonyl (C=O) groups is 2. The molecule has 1 aromatic heterocycles. The van der Waals surface area contributed by atoms with Crippen molar-refractivity contribution in [1.29, 1.82) is 0 Å². The molecule has 136 valence electrons. The number of nitrogens with zero attached hydrogens (tertiary/aromatic N) is 3. The zero-order valence-corrected chi connectivity index (χ0v) is 15.2. The maximum Gasteiger partial charge on any atom is 0.272 e. The Balaban J connectivity index is 1.75. The standard InChI is InChI=1S/C21H25N3O2/c1-2-23(16-17-10-5-3-6-11-17)20(25)18-12-9-13-19(22-18)21(26)24-14-7-4-8-15-24/h3,5-6,9-13H,2,4,7-8,14-16H2,1H3. The highest BCUT2D eigenvalue weighted by atomic mass is 16.2. The largest absolute Gasteiger partial charge is 0.337 e. The van der Waals surface area contributed by atoms with Crippen LogP contribution >= 0.6 is 0 Å². The molecule has 1 aliphatic rings. The van der Waals surface area contributed by atoms with Crippen LogP contribution in [0.1, 0.15) is 52.7 Å². The quantitative estimate of drug-likeness (QED) is 0.830. The van der Waals surface area contributed by atoms with E-state index < -0.39 is 0 Å². The molecule has 0 bridgehead atoms. The Morgan fingerprint density at radius 2 is 1.65 bits per heavy atom. The summed E-state index contributed by atoms with van der Waals surface area (Å²) in [6.07, 6.45) is 3.23. The summed E-state index contributed by atoms with van der Waals surface area (Å²) in [7, 11) is 0. The highest BCUT2D eigenvalue weighted by Gasteiger charge is 2.22. The summed E-state index contributed by atoms with van der Waals surface area (Å²) in [6.45, 7) is 4.60. The van der Waals surface area contributed by atoms with E-state index in [4.69, 9.17) is 0 Å². The molecular formula is C21H25N3O2. The number of carbonyl (C=O) groups excluding carboxylic acids is 2. The van der Waals surface area contributed by atoms with E-state index in [0.29, 0.717) is 24.5 Å². The minimum Gasteiger partial charge on any atom is -0.337 e. The second-order valence-corrected chi connectivity index (χ2v) is 6.57. The number of hydrogen-bond acceptors (Lipinski definition) is 3. The van der Waals surface area contributed by atoms with Gasteiger partial charge < -0.3 is 9.80 Å². The SMILES string of the molecule is CCN(Cc1ccccc1)C(=O)c1cccc(C(=O)N2CCCCC2)n1. The summed E-state index contributed by atoms with van der Waals surface area (Å²) in [4.78, 5) is 33.5. The molecule has 0 radical (unpaired) electrons. The van der Waals surface area contributed by atoms with Crippen LogP contribution in [0.4, 0.5) is 0 Å². The van der Waals surface area contributed by atoms with Crippen molar-refractivity contribution in [3.63, 3.8) is 0 Å². The lowest BCUT2D eigenvalue weighted by Crippen LogP contribution is -2.36. The van der Waals surface area contributed by atoms with E-state index in [1.165, 1.54) is 6.42 Å². The van der Waals surface area contributed by atoms with Crippen LogP contribution in [-0.4, -0.2) is 46.2 Å². The molecule has 2 amide bonds. The predicted octanol–water partition coefficient (Wildman–Crippen LogP) is 3.37. The van der Waals surface area contributed by atoms with Crippen LogP contribution < -0.4 is 0 Å². The molecule has 1 aliphatic heterocycles. The first-order valence-corrected chi connectivity index (χ1v) is 9.28. The molecule has 3 rings (SSSR count). The number of pyridine rings is 1. The van der Waals surface area contributed by atoms with E-state index in [2.05, 4.69) is 4.98 Å². The zero-order chi connectivity index (χ0) is 18.4. The van der Waals surface area contributed by atoms with Crippen molar-refractivity contribution in [2.24, 2.45) is 0 Å². The molecule has 2 aromatic rings. The molecular weight excluding hydrogens is 326 g/mol. The number of aromatic nitrogens is 1. The van der Waals surface area contributed by atoms with Crippen molar-refractivity contribution in [2.45, 2.75) is 32.7 Å². The molecule has 2 heterocycles. The highest BCUT2D eigenvalue weighted by Crippen LogP contribution is 2.14. The first kappa shape index (κ1) is 18.1. The summed E-state index contributed by atoms with van der Waals surface area (Å²) in [5, 5.41) is 0. The zero-order valence-electron chi connectivity index (χ0n) is 15.2. The van der Waals surface area contributed by atoms with Gasteiger partial charge in [0.1, 0.15) is 11.4 Å². The smallest absolute Gasteiger partial charge is 0.272 e. The Bertz CT molecular complexity index is 755. The maximum atomic E-state index is 12.9. The van der Waals surface area contributed by atoms with Crippen molar-refractivity contribution in [1.82, 2.24) is 14.8 Å². The van der Waals surface area contributed by atoms with Crippen LogP contribution in [0.25, 0.3) is 0 Å². The topological polar surface area (TPSA) is 53.5 Å². The predicted molar refractivity (Wildman–Crippen MR) is 101 cm³/mol. The molecule has 0 saturated carbocycles. The van der Waals surface area contributed by atoms with Crippen LogP contribution in [0.15, 0.2) is 48.5 Å². The van der Waals surface area contributed by atoms with Gasteiger partial charge in [-0.05, 0) is 43.9 Å². The lowest BCUT2D eigenvalue weighted by molar-refractivity contribution is 0.0716. The number of amides is 2. The van der Waals surface area contributed by atoms with Crippen LogP contribution in [0.3, 0.4) is 0 Å². The molecule has 5 nitrogen and oxygen atoms in total. The summed E-state index contributed by atoms with van der Waals surface area (Å²) in [5.74, 6) is -0.227. The van der Waals surface area contributed by atoms with Gasteiger partial charge in [0.25, 0.3) is 11.8 Å². The summed E-state index contributed by atoms with van der Waals surface area (Å²) in [6, 6.07) is 15.0. The van der Waals surface area contributed by atoms with E-state index in [0.717, 1.165) is 31.5 Å². The molecule has 0 N–H and O–H groups in total. The van der Waals surface area contributed by atoms with Gasteiger partial charge in [0.15, 0.2) is 0 Å². The van der Waals surface area contributed by atoms with Crippen molar-refractivity contribution in [2.75, 3.05) is 19.6 Å². The molecule has 0 aliphatic carbocycles. The van der Waals surface area contributed by atoms with Crippen molar-refractivity contribution in [3.05, 3.63) is 65.5 Å². The lowest BCUT2D eigenvalue weighted by Gasteiger charge is -2.26. The molecule has 1 aromatic carbocycles. The second-order valence-electron chi connectivity index (χ2n) is 6.57. The van der Waals surface area contributed by atoms with E-state index >= 15 is 0 Å². The summed E-state index contributed by atoms with van der Waals surface area (Å²) < 4.78 is 0. The Labute approximate surface area is 154 Å². The first-order valence-electron chi connectivity index (χ1n) is 9.28. The van der Waals surface area contributed by atoms with Crippen LogP contribution in [0, 0.1) is 0 Å². The minimum absolute atomic E-state index is 0.0783. The Hall–Kier alpha value is -2.69. The maximum absolute atomic E-state index is 12.9. The minimum atomic E-state index is -0.148. The van der Waals surface area contributed by atoms with Crippen LogP contribution in [0.2, 0.25) is 0 Å². The fourth-order valence-electron chi connectivity index (χ4n) is 3.22. The van der Waals surface area contributed by atoms with Gasteiger partial charge in [0.05, 0.1) is 0 Å². The fraction of sp³-hybridized carbons (Fsp3) is 0.381. The third-order valence-electron chi connectivity index (χ3n) is 4.72. The van der Waals surface area contributed by atoms with E-state index in [9.17, 15) is 9.59 Å². The van der Waals surface area contributed by atoms with Crippen molar-refractivity contribution in [3.8, 4) is 0 Å². The number of hydrogen-bond donors (Lipinski definition) is 0. The average molecular weight is 351 g/mol. The fourth-order valence-corrected chi connectivity index (χ4v) is 3.22. The van der Waals surface area contributed by atoms with E-state index in [-0.39, 0.29) is 11.8 Å². The third-order valence-corrected chi connectivity index (χ3v) is 4.72. The first-order chi connectivity index (χ1) is 12.7. The summed E-state index contributed by atoms with van der Waals surface area (Å²) >= 11 is 0. The van der Waals surface area contributed by atoms with Crippen molar-refractivity contribution >= 4 is 11.8 Å². The number of rotatable bonds is 5. The van der Waals surface area contributed by atoms with Crippen LogP contribution in [0.5, 0.6) is 0 Å².